The van der Waals surface area contributed by atoms with Crippen molar-refractivity contribution < 1.29 is 42.5 Å². The summed E-state index contributed by atoms with van der Waals surface area (Å²) < 4.78 is 43.9. The molecule has 396 valence electrons. The molecule has 3 aliphatic heterocycles. The third-order valence-electron chi connectivity index (χ3n) is 14.2. The van der Waals surface area contributed by atoms with E-state index in [2.05, 4.69) is 25.7 Å². The zero-order valence-corrected chi connectivity index (χ0v) is 43.6. The molecule has 75 heavy (non-hydrogen) atoms. The monoisotopic (exact) mass is 1050 g/mol. The van der Waals surface area contributed by atoms with Crippen molar-refractivity contribution in [1.82, 2.24) is 50.1 Å². The predicted octanol–water partition coefficient (Wildman–Crippen LogP) is 6.47. The Morgan fingerprint density at radius 2 is 1.65 bits per heavy atom. The fraction of sp³-hybridized carbons (Fsp3) is 0.455. The zero-order valence-electron chi connectivity index (χ0n) is 42.8. The number of aliphatic hydroxyl groups excluding tert-OH is 1. The first-order valence-corrected chi connectivity index (χ1v) is 26.5. The molecule has 3 aliphatic rings. The van der Waals surface area contributed by atoms with Crippen LogP contribution in [0.5, 0.6) is 0 Å². The molecule has 17 nitrogen and oxygen atoms in total. The van der Waals surface area contributed by atoms with E-state index < -0.39 is 47.1 Å². The van der Waals surface area contributed by atoms with Crippen LogP contribution in [0.3, 0.4) is 0 Å². The molecule has 3 aromatic carbocycles. The number of aryl methyl sites for hydroxylation is 1. The quantitative estimate of drug-likeness (QED) is 0.0844. The summed E-state index contributed by atoms with van der Waals surface area (Å²) in [7, 11) is 0. The minimum absolute atomic E-state index is 0.0279. The number of piperidine rings is 1. The Morgan fingerprint density at radius 1 is 0.920 bits per heavy atom. The number of rotatable bonds is 17. The molecule has 0 spiro atoms. The maximum Gasteiger partial charge on any atom is 0.246 e. The average Bonchev–Trinajstić information content (AvgIpc) is 4.18. The zero-order chi connectivity index (χ0) is 52.8. The summed E-state index contributed by atoms with van der Waals surface area (Å²) in [5, 5.41) is 21.0. The number of thiazole rings is 1. The largest absolute Gasteiger partial charge is 0.391 e. The molecule has 0 saturated carbocycles. The van der Waals surface area contributed by atoms with Gasteiger partial charge < -0.3 is 35.0 Å². The summed E-state index contributed by atoms with van der Waals surface area (Å²) in [6.45, 7) is 11.3. The Balaban J connectivity index is 0.715. The number of hydrogen-bond donors (Lipinski definition) is 3. The molecule has 6 heterocycles. The molecular weight excluding hydrogens is 983 g/mol. The SMILES string of the molecule is Cc1ncsc1-c1ccc(CNC(=O)[C@@H]2C[C@@H](O)CN2C(=O)C(NC(=O)CCOCCC(=O)N2CCC(n3cc(-c4cnc5cccc(-c6cc(F)c(CN7CCOCC7)c(F)c6)c5n4)cn3)CC2)C(C)(C)C)cc1. The van der Waals surface area contributed by atoms with Crippen molar-refractivity contribution in [1.29, 1.82) is 0 Å². The van der Waals surface area contributed by atoms with E-state index in [0.29, 0.717) is 80.1 Å². The summed E-state index contributed by atoms with van der Waals surface area (Å²) in [4.78, 5) is 74.1. The summed E-state index contributed by atoms with van der Waals surface area (Å²) >= 11 is 1.56. The first-order chi connectivity index (χ1) is 36.1. The van der Waals surface area contributed by atoms with Crippen molar-refractivity contribution in [3.63, 3.8) is 0 Å². The van der Waals surface area contributed by atoms with Gasteiger partial charge in [-0.3, -0.25) is 33.7 Å². The maximum absolute atomic E-state index is 15.5. The number of halogens is 2. The molecule has 3 saturated heterocycles. The molecular formula is C55H64F2N10O7S. The van der Waals surface area contributed by atoms with E-state index in [4.69, 9.17) is 14.5 Å². The minimum Gasteiger partial charge on any atom is -0.391 e. The van der Waals surface area contributed by atoms with Gasteiger partial charge in [-0.05, 0) is 60.1 Å². The van der Waals surface area contributed by atoms with Crippen molar-refractivity contribution in [2.45, 2.75) is 97.1 Å². The highest BCUT2D eigenvalue weighted by molar-refractivity contribution is 7.13. The van der Waals surface area contributed by atoms with Crippen LogP contribution in [0.2, 0.25) is 0 Å². The fourth-order valence-electron chi connectivity index (χ4n) is 9.95. The third-order valence-corrected chi connectivity index (χ3v) is 15.2. The number of carbonyl (C=O) groups excluding carboxylic acids is 4. The normalized spacial score (nSPS) is 18.1. The Bertz CT molecular complexity index is 2980. The predicted molar refractivity (Wildman–Crippen MR) is 279 cm³/mol. The molecule has 3 aromatic heterocycles. The van der Waals surface area contributed by atoms with Gasteiger partial charge in [-0.1, -0.05) is 57.2 Å². The van der Waals surface area contributed by atoms with Gasteiger partial charge in [0.2, 0.25) is 23.6 Å². The van der Waals surface area contributed by atoms with E-state index in [0.717, 1.165) is 27.3 Å². The van der Waals surface area contributed by atoms with E-state index in [1.54, 1.807) is 46.3 Å². The molecule has 0 aliphatic carbocycles. The molecule has 20 heteroatoms. The number of morpholine rings is 1. The lowest BCUT2D eigenvalue weighted by atomic mass is 9.85. The second kappa shape index (κ2) is 23.5. The lowest BCUT2D eigenvalue weighted by Gasteiger charge is -2.35. The van der Waals surface area contributed by atoms with Gasteiger partial charge in [0.25, 0.3) is 0 Å². The molecule has 0 bridgehead atoms. The standard InChI is InChI=1S/C55H64F2N10O7S/c1-34-51(75-33-60-34)36-10-8-35(9-11-36)27-59-53(71)47-26-40(68)31-66(47)54(72)52(55(2,3)4)63-48(69)14-20-73-21-15-49(70)65-16-12-39(13-17-65)67-30-38(28-61-67)46-29-58-45-7-5-6-41(50(45)62-46)37-24-43(56)42(44(57)25-37)32-64-18-22-74-23-19-64/h5-11,24-25,28-30,33,39-40,47,52,68H,12-23,26-27,31-32H2,1-4H3,(H,59,71)(H,63,69)/t40-,47+,52?/m1/s1. The van der Waals surface area contributed by atoms with Crippen LogP contribution in [0.25, 0.3) is 43.9 Å². The molecule has 3 fully saturated rings. The van der Waals surface area contributed by atoms with E-state index >= 15 is 8.78 Å². The number of ether oxygens (including phenoxy) is 2. The number of β-amino-alcohol motifs (C(OH)–C–C–N with tert-alkyl or cyclic N) is 1. The van der Waals surface area contributed by atoms with E-state index in [1.807, 2.05) is 73.8 Å². The number of amides is 4. The number of carbonyl (C=O) groups is 4. The van der Waals surface area contributed by atoms with Crippen molar-refractivity contribution >= 4 is 46.0 Å². The van der Waals surface area contributed by atoms with Crippen molar-refractivity contribution in [2.75, 3.05) is 59.2 Å². The van der Waals surface area contributed by atoms with Crippen LogP contribution in [0.1, 0.15) is 75.7 Å². The van der Waals surface area contributed by atoms with Gasteiger partial charge in [0.1, 0.15) is 23.7 Å². The molecule has 3 atom stereocenters. The number of aliphatic hydroxyl groups is 1. The molecule has 1 unspecified atom stereocenters. The Labute approximate surface area is 438 Å². The highest BCUT2D eigenvalue weighted by Crippen LogP contribution is 2.33. The third kappa shape index (κ3) is 12.8. The van der Waals surface area contributed by atoms with Gasteiger partial charge in [0.15, 0.2) is 0 Å². The fourth-order valence-corrected chi connectivity index (χ4v) is 10.8. The summed E-state index contributed by atoms with van der Waals surface area (Å²) in [6, 6.07) is 14.1. The number of benzene rings is 3. The number of aromatic nitrogens is 5. The molecule has 3 N–H and O–H groups in total. The van der Waals surface area contributed by atoms with Crippen LogP contribution in [-0.4, -0.2) is 146 Å². The second-order valence-corrected chi connectivity index (χ2v) is 21.5. The summed E-state index contributed by atoms with van der Waals surface area (Å²) in [5.74, 6) is -2.54. The lowest BCUT2D eigenvalue weighted by Crippen LogP contribution is -2.57. The van der Waals surface area contributed by atoms with Crippen LogP contribution in [-0.2, 0) is 41.7 Å². The van der Waals surface area contributed by atoms with Crippen molar-refractivity contribution in [3.8, 4) is 32.8 Å². The van der Waals surface area contributed by atoms with Gasteiger partial charge in [-0.15, -0.1) is 11.3 Å². The Hall–Kier alpha value is -6.58. The van der Waals surface area contributed by atoms with Gasteiger partial charge >= 0.3 is 0 Å². The maximum atomic E-state index is 15.5. The van der Waals surface area contributed by atoms with E-state index in [9.17, 15) is 24.3 Å². The number of likely N-dealkylation sites (tertiary alicyclic amines) is 2. The summed E-state index contributed by atoms with van der Waals surface area (Å²) in [6.07, 6.45) is 5.93. The lowest BCUT2D eigenvalue weighted by molar-refractivity contribution is -0.144. The van der Waals surface area contributed by atoms with Gasteiger partial charge in [0, 0.05) is 81.5 Å². The van der Waals surface area contributed by atoms with Crippen molar-refractivity contribution in [3.05, 3.63) is 107 Å². The van der Waals surface area contributed by atoms with Gasteiger partial charge in [-0.25, -0.2) is 18.7 Å². The van der Waals surface area contributed by atoms with Crippen LogP contribution >= 0.6 is 11.3 Å². The van der Waals surface area contributed by atoms with Crippen LogP contribution in [0, 0.1) is 24.0 Å². The Morgan fingerprint density at radius 3 is 2.36 bits per heavy atom. The number of hydrogen-bond acceptors (Lipinski definition) is 13. The van der Waals surface area contributed by atoms with Crippen LogP contribution in [0.4, 0.5) is 8.78 Å². The molecule has 4 amide bonds. The minimum atomic E-state index is -0.978. The average molecular weight is 1050 g/mol. The van der Waals surface area contributed by atoms with Crippen molar-refractivity contribution in [2.24, 2.45) is 5.41 Å². The number of para-hydroxylation sites is 1. The smallest absolute Gasteiger partial charge is 0.246 e. The highest BCUT2D eigenvalue weighted by atomic mass is 32.1. The van der Waals surface area contributed by atoms with Crippen LogP contribution < -0.4 is 10.6 Å². The van der Waals surface area contributed by atoms with Crippen LogP contribution in [0.15, 0.2) is 78.7 Å². The van der Waals surface area contributed by atoms with E-state index in [-0.39, 0.29) is 75.5 Å². The molecule has 6 aromatic rings. The Kier molecular flexibility index (Phi) is 16.7. The topological polar surface area (TPSA) is 197 Å². The number of nitrogens with one attached hydrogen (secondary N) is 2. The van der Waals surface area contributed by atoms with E-state index in [1.165, 1.54) is 17.0 Å². The second-order valence-electron chi connectivity index (χ2n) is 20.6. The summed E-state index contributed by atoms with van der Waals surface area (Å²) in [5.41, 5.74) is 7.32. The van der Waals surface area contributed by atoms with Gasteiger partial charge in [-0.2, -0.15) is 5.10 Å². The number of nitrogens with zero attached hydrogens (tertiary/aromatic N) is 8. The number of fused-ring (bicyclic) bond motifs is 1. The molecule has 0 radical (unpaired) electrons. The highest BCUT2D eigenvalue weighted by Gasteiger charge is 2.44. The van der Waals surface area contributed by atoms with Gasteiger partial charge in [0.05, 0.1) is 90.2 Å². The molecule has 9 rings (SSSR count). The first-order valence-electron chi connectivity index (χ1n) is 25.6. The first kappa shape index (κ1) is 53.3.